The first kappa shape index (κ1) is 11.9. The van der Waals surface area contributed by atoms with Gasteiger partial charge in [-0.1, -0.05) is 0 Å². The van der Waals surface area contributed by atoms with E-state index in [4.69, 9.17) is 4.74 Å². The average Bonchev–Trinajstić information content (AvgIpc) is 2.47. The number of ketones is 1. The number of hydrogen-bond donors (Lipinski definition) is 0. The molecule has 1 heterocycles. The van der Waals surface area contributed by atoms with Crippen LogP contribution in [0, 0.1) is 0 Å². The molecule has 0 bridgehead atoms. The quantitative estimate of drug-likeness (QED) is 0.575. The van der Waals surface area contributed by atoms with Gasteiger partial charge < -0.3 is 4.74 Å². The zero-order valence-electron chi connectivity index (χ0n) is 9.29. The van der Waals surface area contributed by atoms with Gasteiger partial charge in [-0.3, -0.25) is 4.79 Å². The summed E-state index contributed by atoms with van der Waals surface area (Å²) in [5.74, 6) is -0.416. The summed E-state index contributed by atoms with van der Waals surface area (Å²) in [6, 6.07) is 1.57. The summed E-state index contributed by atoms with van der Waals surface area (Å²) in [7, 11) is 0. The molecule has 0 unspecified atom stereocenters. The Bertz CT molecular complexity index is 385. The van der Waals surface area contributed by atoms with E-state index in [-0.39, 0.29) is 11.8 Å². The summed E-state index contributed by atoms with van der Waals surface area (Å²) in [5, 5.41) is 1.67. The summed E-state index contributed by atoms with van der Waals surface area (Å²) in [6.07, 6.45) is 0. The van der Waals surface area contributed by atoms with Crippen molar-refractivity contribution in [1.29, 1.82) is 0 Å². The topological polar surface area (TPSA) is 43.4 Å². The molecule has 4 heteroatoms. The Morgan fingerprint density at radius 3 is 2.33 bits per heavy atom. The Balaban J connectivity index is 2.79. The highest BCUT2D eigenvalue weighted by atomic mass is 32.1. The van der Waals surface area contributed by atoms with Crippen molar-refractivity contribution >= 4 is 23.1 Å². The van der Waals surface area contributed by atoms with Crippen molar-refractivity contribution in [2.45, 2.75) is 33.3 Å². The third kappa shape index (κ3) is 3.47. The van der Waals surface area contributed by atoms with Crippen molar-refractivity contribution in [2.75, 3.05) is 0 Å². The van der Waals surface area contributed by atoms with Crippen LogP contribution in [0.3, 0.4) is 0 Å². The molecule has 0 saturated heterocycles. The van der Waals surface area contributed by atoms with Crippen LogP contribution in [0.2, 0.25) is 0 Å². The fraction of sp³-hybridized carbons (Fsp3) is 0.455. The van der Waals surface area contributed by atoms with E-state index in [0.717, 1.165) is 0 Å². The molecule has 0 aliphatic carbocycles. The fourth-order valence-electron chi connectivity index (χ4n) is 0.956. The van der Waals surface area contributed by atoms with Crippen LogP contribution in [0.4, 0.5) is 0 Å². The molecule has 82 valence electrons. The number of Topliss-reactive ketones (excluding diaryl/α,β-unsaturated/α-hetero) is 1. The van der Waals surface area contributed by atoms with E-state index < -0.39 is 5.60 Å². The van der Waals surface area contributed by atoms with E-state index in [0.29, 0.717) is 10.4 Å². The molecule has 0 saturated carbocycles. The number of thiophene rings is 1. The lowest BCUT2D eigenvalue weighted by atomic mass is 10.2. The summed E-state index contributed by atoms with van der Waals surface area (Å²) in [4.78, 5) is 23.1. The van der Waals surface area contributed by atoms with Crippen LogP contribution < -0.4 is 0 Å². The van der Waals surface area contributed by atoms with Gasteiger partial charge in [-0.15, -0.1) is 11.3 Å². The Hall–Kier alpha value is -1.16. The van der Waals surface area contributed by atoms with E-state index in [1.807, 2.05) is 20.8 Å². The molecule has 0 aliphatic rings. The highest BCUT2D eigenvalue weighted by molar-refractivity contribution is 7.12. The van der Waals surface area contributed by atoms with Crippen LogP contribution in [0.5, 0.6) is 0 Å². The number of ether oxygens (including phenoxy) is 1. The molecule has 0 aliphatic heterocycles. The Labute approximate surface area is 93.1 Å². The maximum atomic E-state index is 11.6. The zero-order valence-corrected chi connectivity index (χ0v) is 10.1. The molecule has 0 atom stereocenters. The Morgan fingerprint density at radius 1 is 1.33 bits per heavy atom. The predicted octanol–water partition coefficient (Wildman–Crippen LogP) is 2.91. The van der Waals surface area contributed by atoms with Crippen molar-refractivity contribution < 1.29 is 14.3 Å². The molecule has 1 aromatic heterocycles. The summed E-state index contributed by atoms with van der Waals surface area (Å²) in [6.45, 7) is 6.90. The number of carbonyl (C=O) groups is 2. The van der Waals surface area contributed by atoms with Gasteiger partial charge >= 0.3 is 5.97 Å². The van der Waals surface area contributed by atoms with Crippen LogP contribution in [0.1, 0.15) is 47.7 Å². The van der Waals surface area contributed by atoms with Crippen molar-refractivity contribution in [3.8, 4) is 0 Å². The van der Waals surface area contributed by atoms with Gasteiger partial charge in [0, 0.05) is 10.9 Å². The Kier molecular flexibility index (Phi) is 3.29. The van der Waals surface area contributed by atoms with Crippen molar-refractivity contribution in [3.63, 3.8) is 0 Å². The molecule has 0 fully saturated rings. The largest absolute Gasteiger partial charge is 0.456 e. The maximum Gasteiger partial charge on any atom is 0.348 e. The van der Waals surface area contributed by atoms with E-state index >= 15 is 0 Å². The molecular formula is C11H14O3S. The third-order valence-corrected chi connectivity index (χ3v) is 2.52. The van der Waals surface area contributed by atoms with E-state index in [9.17, 15) is 9.59 Å². The minimum atomic E-state index is -0.503. The van der Waals surface area contributed by atoms with E-state index in [1.54, 1.807) is 11.4 Å². The maximum absolute atomic E-state index is 11.6. The molecule has 0 radical (unpaired) electrons. The SMILES string of the molecule is CC(=O)c1csc(C(=O)OC(C)(C)C)c1. The second kappa shape index (κ2) is 4.14. The molecule has 0 aromatic carbocycles. The lowest BCUT2D eigenvalue weighted by Crippen LogP contribution is -2.23. The first-order valence-corrected chi connectivity index (χ1v) is 5.50. The average molecular weight is 226 g/mol. The molecular weight excluding hydrogens is 212 g/mol. The van der Waals surface area contributed by atoms with Crippen LogP contribution in [-0.2, 0) is 4.74 Å². The van der Waals surface area contributed by atoms with Crippen LogP contribution in [0.25, 0.3) is 0 Å². The zero-order chi connectivity index (χ0) is 11.6. The van der Waals surface area contributed by atoms with Gasteiger partial charge in [0.15, 0.2) is 5.78 Å². The van der Waals surface area contributed by atoms with Gasteiger partial charge in [-0.2, -0.15) is 0 Å². The second-order valence-electron chi connectivity index (χ2n) is 4.26. The summed E-state index contributed by atoms with van der Waals surface area (Å²) < 4.78 is 5.18. The molecule has 15 heavy (non-hydrogen) atoms. The fourth-order valence-corrected chi connectivity index (χ4v) is 1.78. The van der Waals surface area contributed by atoms with E-state index in [1.165, 1.54) is 18.3 Å². The summed E-state index contributed by atoms with van der Waals surface area (Å²) >= 11 is 1.23. The van der Waals surface area contributed by atoms with Crippen LogP contribution in [0.15, 0.2) is 11.4 Å². The monoisotopic (exact) mass is 226 g/mol. The number of carbonyl (C=O) groups excluding carboxylic acids is 2. The predicted molar refractivity (Wildman–Crippen MR) is 59.5 cm³/mol. The normalized spacial score (nSPS) is 11.2. The first-order valence-electron chi connectivity index (χ1n) is 4.62. The van der Waals surface area contributed by atoms with Crippen molar-refractivity contribution in [2.24, 2.45) is 0 Å². The Morgan fingerprint density at radius 2 is 1.93 bits per heavy atom. The van der Waals surface area contributed by atoms with Gasteiger partial charge in [0.2, 0.25) is 0 Å². The molecule has 3 nitrogen and oxygen atoms in total. The van der Waals surface area contributed by atoms with E-state index in [2.05, 4.69) is 0 Å². The van der Waals surface area contributed by atoms with Gasteiger partial charge in [0.05, 0.1) is 0 Å². The van der Waals surface area contributed by atoms with Gasteiger partial charge in [0.25, 0.3) is 0 Å². The minimum absolute atomic E-state index is 0.0407. The molecule has 1 rings (SSSR count). The third-order valence-electron chi connectivity index (χ3n) is 1.61. The van der Waals surface area contributed by atoms with Gasteiger partial charge in [0.1, 0.15) is 10.5 Å². The highest BCUT2D eigenvalue weighted by Gasteiger charge is 2.19. The standard InChI is InChI=1S/C11H14O3S/c1-7(12)8-5-9(15-6-8)10(13)14-11(2,3)4/h5-6H,1-4H3. The molecule has 1 aromatic rings. The van der Waals surface area contributed by atoms with Crippen molar-refractivity contribution in [1.82, 2.24) is 0 Å². The van der Waals surface area contributed by atoms with Crippen LogP contribution >= 0.6 is 11.3 Å². The molecule has 0 N–H and O–H groups in total. The van der Waals surface area contributed by atoms with Gasteiger partial charge in [-0.25, -0.2) is 4.79 Å². The highest BCUT2D eigenvalue weighted by Crippen LogP contribution is 2.19. The smallest absolute Gasteiger partial charge is 0.348 e. The second-order valence-corrected chi connectivity index (χ2v) is 5.17. The van der Waals surface area contributed by atoms with Crippen molar-refractivity contribution in [3.05, 3.63) is 21.9 Å². The lowest BCUT2D eigenvalue weighted by molar-refractivity contribution is 0.00752. The number of rotatable bonds is 2. The van der Waals surface area contributed by atoms with Crippen LogP contribution in [-0.4, -0.2) is 17.4 Å². The minimum Gasteiger partial charge on any atom is -0.456 e. The molecule has 0 spiro atoms. The molecule has 0 amide bonds. The number of hydrogen-bond acceptors (Lipinski definition) is 4. The summed E-state index contributed by atoms with van der Waals surface area (Å²) in [5.41, 5.74) is 0.0538. The lowest BCUT2D eigenvalue weighted by Gasteiger charge is -2.18. The first-order chi connectivity index (χ1) is 6.79. The number of esters is 1. The van der Waals surface area contributed by atoms with Gasteiger partial charge in [-0.05, 0) is 33.8 Å².